The predicted molar refractivity (Wildman–Crippen MR) is 125 cm³/mol. The summed E-state index contributed by atoms with van der Waals surface area (Å²) < 4.78 is 11.4. The molecule has 6 nitrogen and oxygen atoms in total. The lowest BCUT2D eigenvalue weighted by molar-refractivity contribution is -0.139. The highest BCUT2D eigenvalue weighted by atomic mass is 32.1. The maximum atomic E-state index is 13.1. The van der Waals surface area contributed by atoms with E-state index < -0.39 is 6.10 Å². The van der Waals surface area contributed by atoms with Crippen molar-refractivity contribution in [2.75, 3.05) is 12.4 Å². The van der Waals surface area contributed by atoms with Gasteiger partial charge in [0.15, 0.2) is 6.10 Å². The van der Waals surface area contributed by atoms with Crippen molar-refractivity contribution in [3.05, 3.63) is 76.0 Å². The van der Waals surface area contributed by atoms with Crippen molar-refractivity contribution in [1.82, 2.24) is 4.90 Å². The smallest absolute Gasteiger partial charge is 0.264 e. The molecule has 1 aliphatic heterocycles. The van der Waals surface area contributed by atoms with Crippen LogP contribution in [-0.4, -0.2) is 29.9 Å². The highest BCUT2D eigenvalue weighted by molar-refractivity contribution is 7.10. The molecule has 0 saturated carbocycles. The Hall–Kier alpha value is -3.32. The van der Waals surface area contributed by atoms with Gasteiger partial charge in [0.05, 0.1) is 13.5 Å². The van der Waals surface area contributed by atoms with Crippen LogP contribution in [0.2, 0.25) is 0 Å². The molecule has 0 fully saturated rings. The highest BCUT2D eigenvalue weighted by Crippen LogP contribution is 2.30. The minimum absolute atomic E-state index is 0.0465. The number of hydrogen-bond donors (Lipinski definition) is 1. The number of ether oxygens (including phenoxy) is 2. The summed E-state index contributed by atoms with van der Waals surface area (Å²) in [6.45, 7) is 2.79. The van der Waals surface area contributed by atoms with Gasteiger partial charge in [-0.3, -0.25) is 9.59 Å². The van der Waals surface area contributed by atoms with Crippen LogP contribution in [0.5, 0.6) is 11.5 Å². The molecule has 1 N–H and O–H groups in total. The molecular formula is C25H26N2O4S. The molecule has 0 radical (unpaired) electrons. The van der Waals surface area contributed by atoms with Crippen LogP contribution in [0.4, 0.5) is 5.69 Å². The second kappa shape index (κ2) is 9.87. The van der Waals surface area contributed by atoms with Crippen LogP contribution in [0.15, 0.2) is 60.0 Å². The number of thiophene rings is 1. The monoisotopic (exact) mass is 450 g/mol. The van der Waals surface area contributed by atoms with Crippen LogP contribution in [0.1, 0.15) is 29.3 Å². The van der Waals surface area contributed by atoms with Gasteiger partial charge in [0.25, 0.3) is 5.91 Å². The molecule has 0 aliphatic carbocycles. The highest BCUT2D eigenvalue weighted by Gasteiger charge is 2.30. The summed E-state index contributed by atoms with van der Waals surface area (Å²) in [5.41, 5.74) is 2.54. The number of rotatable bonds is 7. The van der Waals surface area contributed by atoms with Crippen LogP contribution in [-0.2, 0) is 29.1 Å². The van der Waals surface area contributed by atoms with Crippen LogP contribution in [0.25, 0.3) is 0 Å². The van der Waals surface area contributed by atoms with Crippen molar-refractivity contribution in [2.24, 2.45) is 0 Å². The van der Waals surface area contributed by atoms with Gasteiger partial charge in [0, 0.05) is 29.2 Å². The first-order valence-corrected chi connectivity index (χ1v) is 11.5. The molecule has 1 atom stereocenters. The summed E-state index contributed by atoms with van der Waals surface area (Å²) in [4.78, 5) is 28.4. The van der Waals surface area contributed by atoms with Crippen molar-refractivity contribution in [2.45, 2.75) is 39.0 Å². The molecule has 1 aromatic heterocycles. The van der Waals surface area contributed by atoms with Crippen LogP contribution in [0.3, 0.4) is 0 Å². The molecule has 0 unspecified atom stereocenters. The van der Waals surface area contributed by atoms with Crippen molar-refractivity contribution in [1.29, 1.82) is 0 Å². The standard InChI is InChI=1S/C25H26N2O4S/c1-3-22-25(29)27(15-17-6-4-7-20(12-17)30-2)16-18-13-19(9-10-23(18)31-22)26-24(28)14-21-8-5-11-32-21/h4-13,22H,3,14-16H2,1-2H3,(H,26,28)/t22-/m1/s1. The molecule has 0 spiro atoms. The minimum Gasteiger partial charge on any atom is -0.497 e. The number of fused-ring (bicyclic) bond motifs is 1. The van der Waals surface area contributed by atoms with E-state index in [4.69, 9.17) is 9.47 Å². The molecule has 2 amide bonds. The molecule has 3 aromatic rings. The van der Waals surface area contributed by atoms with Crippen molar-refractivity contribution < 1.29 is 19.1 Å². The van der Waals surface area contributed by atoms with Gasteiger partial charge in [0.2, 0.25) is 5.91 Å². The Labute approximate surface area is 191 Å². The Bertz CT molecular complexity index is 1100. The first kappa shape index (κ1) is 21.9. The number of carbonyl (C=O) groups excluding carboxylic acids is 2. The third-order valence-electron chi connectivity index (χ3n) is 5.36. The van der Waals surface area contributed by atoms with Gasteiger partial charge in [-0.1, -0.05) is 25.1 Å². The van der Waals surface area contributed by atoms with Gasteiger partial charge < -0.3 is 19.7 Å². The molecule has 4 rings (SSSR count). The molecule has 7 heteroatoms. The fourth-order valence-electron chi connectivity index (χ4n) is 3.75. The number of anilines is 1. The zero-order valence-electron chi connectivity index (χ0n) is 18.2. The number of benzene rings is 2. The SMILES string of the molecule is CC[C@H]1Oc2ccc(NC(=O)Cc3cccs3)cc2CN(Cc2cccc(OC)c2)C1=O. The lowest BCUT2D eigenvalue weighted by Gasteiger charge is -2.23. The Morgan fingerprint density at radius 3 is 2.84 bits per heavy atom. The molecule has 32 heavy (non-hydrogen) atoms. The largest absolute Gasteiger partial charge is 0.497 e. The number of methoxy groups -OCH3 is 1. The average Bonchev–Trinajstić information content (AvgIpc) is 3.26. The van der Waals surface area contributed by atoms with Crippen LogP contribution in [0, 0.1) is 0 Å². The van der Waals surface area contributed by atoms with E-state index in [0.29, 0.717) is 37.4 Å². The summed E-state index contributed by atoms with van der Waals surface area (Å²) in [7, 11) is 1.63. The summed E-state index contributed by atoms with van der Waals surface area (Å²) in [6.07, 6.45) is 0.372. The van der Waals surface area contributed by atoms with Crippen molar-refractivity contribution in [3.63, 3.8) is 0 Å². The maximum absolute atomic E-state index is 13.1. The van der Waals surface area contributed by atoms with E-state index in [1.165, 1.54) is 0 Å². The summed E-state index contributed by atoms with van der Waals surface area (Å²) in [5.74, 6) is 1.31. The molecule has 1 aliphatic rings. The molecule has 2 heterocycles. The summed E-state index contributed by atoms with van der Waals surface area (Å²) in [6, 6.07) is 17.1. The predicted octanol–water partition coefficient (Wildman–Crippen LogP) is 4.64. The van der Waals surface area contributed by atoms with Gasteiger partial charge >= 0.3 is 0 Å². The Morgan fingerprint density at radius 1 is 1.22 bits per heavy atom. The maximum Gasteiger partial charge on any atom is 0.264 e. The van der Waals surface area contributed by atoms with E-state index in [1.807, 2.05) is 66.9 Å². The third kappa shape index (κ3) is 5.11. The number of carbonyl (C=O) groups is 2. The van der Waals surface area contributed by atoms with E-state index in [1.54, 1.807) is 23.3 Å². The summed E-state index contributed by atoms with van der Waals surface area (Å²) in [5, 5.41) is 4.92. The lowest BCUT2D eigenvalue weighted by Crippen LogP contribution is -2.38. The van der Waals surface area contributed by atoms with E-state index in [2.05, 4.69) is 5.32 Å². The molecular weight excluding hydrogens is 424 g/mol. The molecule has 0 bridgehead atoms. The molecule has 2 aromatic carbocycles. The van der Waals surface area contributed by atoms with Gasteiger partial charge in [-0.2, -0.15) is 0 Å². The van der Waals surface area contributed by atoms with E-state index in [0.717, 1.165) is 21.8 Å². The Balaban J connectivity index is 1.55. The molecule has 166 valence electrons. The van der Waals surface area contributed by atoms with E-state index in [-0.39, 0.29) is 11.8 Å². The lowest BCUT2D eigenvalue weighted by atomic mass is 10.1. The number of hydrogen-bond acceptors (Lipinski definition) is 5. The van der Waals surface area contributed by atoms with Gasteiger partial charge in [-0.25, -0.2) is 0 Å². The fraction of sp³-hybridized carbons (Fsp3) is 0.280. The first-order chi connectivity index (χ1) is 15.6. The first-order valence-electron chi connectivity index (χ1n) is 10.6. The average molecular weight is 451 g/mol. The molecule has 0 saturated heterocycles. The van der Waals surface area contributed by atoms with Gasteiger partial charge in [-0.15, -0.1) is 11.3 Å². The second-order valence-electron chi connectivity index (χ2n) is 7.69. The number of nitrogens with one attached hydrogen (secondary N) is 1. The third-order valence-corrected chi connectivity index (χ3v) is 6.23. The van der Waals surface area contributed by atoms with Gasteiger partial charge in [0.1, 0.15) is 11.5 Å². The Kier molecular flexibility index (Phi) is 6.75. The number of nitrogens with zero attached hydrogens (tertiary/aromatic N) is 1. The minimum atomic E-state index is -0.541. The van der Waals surface area contributed by atoms with Gasteiger partial charge in [-0.05, 0) is 53.8 Å². The fourth-order valence-corrected chi connectivity index (χ4v) is 4.45. The second-order valence-corrected chi connectivity index (χ2v) is 8.72. The van der Waals surface area contributed by atoms with Crippen molar-refractivity contribution >= 4 is 28.8 Å². The summed E-state index contributed by atoms with van der Waals surface area (Å²) >= 11 is 1.56. The Morgan fingerprint density at radius 2 is 2.09 bits per heavy atom. The zero-order chi connectivity index (χ0) is 22.5. The quantitative estimate of drug-likeness (QED) is 0.570. The zero-order valence-corrected chi connectivity index (χ0v) is 19.0. The van der Waals surface area contributed by atoms with Crippen molar-refractivity contribution in [3.8, 4) is 11.5 Å². The van der Waals surface area contributed by atoms with E-state index in [9.17, 15) is 9.59 Å². The van der Waals surface area contributed by atoms with Crippen LogP contribution < -0.4 is 14.8 Å². The number of amides is 2. The van der Waals surface area contributed by atoms with Crippen LogP contribution >= 0.6 is 11.3 Å². The van der Waals surface area contributed by atoms with E-state index >= 15 is 0 Å². The topological polar surface area (TPSA) is 67.9 Å². The normalized spacial score (nSPS) is 15.5.